The normalized spacial score (nSPS) is 15.6. The van der Waals surface area contributed by atoms with Gasteiger partial charge in [0.05, 0.1) is 0 Å². The molecule has 1 amide bonds. The Bertz CT molecular complexity index is 716. The summed E-state index contributed by atoms with van der Waals surface area (Å²) in [6.45, 7) is 6.77. The van der Waals surface area contributed by atoms with Crippen molar-refractivity contribution in [1.29, 1.82) is 0 Å². The van der Waals surface area contributed by atoms with Gasteiger partial charge in [0.15, 0.2) is 0 Å². The molecule has 3 rings (SSSR count). The molecule has 0 unspecified atom stereocenters. The quantitative estimate of drug-likeness (QED) is 0.783. The molecule has 0 aromatic heterocycles. The van der Waals surface area contributed by atoms with Gasteiger partial charge in [0.25, 0.3) is 0 Å². The molecular weight excluding hydrogens is 308 g/mol. The molecule has 0 spiro atoms. The van der Waals surface area contributed by atoms with Crippen molar-refractivity contribution in [3.8, 4) is 0 Å². The highest BCUT2D eigenvalue weighted by Gasteiger charge is 2.19. The predicted octanol–water partition coefficient (Wildman–Crippen LogP) is 3.40. The summed E-state index contributed by atoms with van der Waals surface area (Å²) in [5, 5.41) is 0. The molecule has 1 aliphatic heterocycles. The minimum absolute atomic E-state index is 0.113. The summed E-state index contributed by atoms with van der Waals surface area (Å²) in [6, 6.07) is 18.5. The summed E-state index contributed by atoms with van der Waals surface area (Å²) in [4.78, 5) is 16.7. The Kier molecular flexibility index (Phi) is 6.02. The van der Waals surface area contributed by atoms with Crippen molar-refractivity contribution >= 4 is 12.0 Å². The van der Waals surface area contributed by atoms with E-state index in [-0.39, 0.29) is 5.91 Å². The molecule has 0 saturated carbocycles. The van der Waals surface area contributed by atoms with Gasteiger partial charge in [-0.3, -0.25) is 9.69 Å². The van der Waals surface area contributed by atoms with Crippen LogP contribution in [0.4, 0.5) is 0 Å². The Morgan fingerprint density at radius 1 is 0.960 bits per heavy atom. The van der Waals surface area contributed by atoms with Crippen LogP contribution in [0, 0.1) is 6.92 Å². The summed E-state index contributed by atoms with van der Waals surface area (Å²) >= 11 is 0. The molecule has 3 heteroatoms. The predicted molar refractivity (Wildman–Crippen MR) is 103 cm³/mol. The van der Waals surface area contributed by atoms with Crippen molar-refractivity contribution < 1.29 is 4.79 Å². The first-order valence-corrected chi connectivity index (χ1v) is 9.01. The van der Waals surface area contributed by atoms with Crippen molar-refractivity contribution in [2.75, 3.05) is 32.7 Å². The first-order valence-electron chi connectivity index (χ1n) is 9.01. The number of benzene rings is 2. The molecule has 1 fully saturated rings. The SMILES string of the molecule is Cc1ccccc1CCN1CCN(C(=O)/C=C/c2ccccc2)CC1. The number of hydrogen-bond donors (Lipinski definition) is 0. The molecule has 130 valence electrons. The van der Waals surface area contributed by atoms with Crippen molar-refractivity contribution in [2.45, 2.75) is 13.3 Å². The molecule has 1 heterocycles. The zero-order valence-electron chi connectivity index (χ0n) is 14.9. The lowest BCUT2D eigenvalue weighted by molar-refractivity contribution is -0.127. The van der Waals surface area contributed by atoms with Crippen LogP contribution in [0.1, 0.15) is 16.7 Å². The van der Waals surface area contributed by atoms with Crippen molar-refractivity contribution in [1.82, 2.24) is 9.80 Å². The third-order valence-electron chi connectivity index (χ3n) is 4.86. The van der Waals surface area contributed by atoms with Crippen LogP contribution in [0.15, 0.2) is 60.7 Å². The van der Waals surface area contributed by atoms with Crippen LogP contribution in [0.3, 0.4) is 0 Å². The molecule has 3 nitrogen and oxygen atoms in total. The zero-order valence-corrected chi connectivity index (χ0v) is 14.9. The fourth-order valence-electron chi connectivity index (χ4n) is 3.20. The molecule has 1 saturated heterocycles. The van der Waals surface area contributed by atoms with E-state index >= 15 is 0 Å². The Hall–Kier alpha value is -2.39. The summed E-state index contributed by atoms with van der Waals surface area (Å²) in [6.07, 6.45) is 4.67. The van der Waals surface area contributed by atoms with Crippen molar-refractivity contribution in [3.05, 3.63) is 77.4 Å². The van der Waals surface area contributed by atoms with Crippen molar-refractivity contribution in [2.24, 2.45) is 0 Å². The average molecular weight is 334 g/mol. The van der Waals surface area contributed by atoms with Gasteiger partial charge >= 0.3 is 0 Å². The van der Waals surface area contributed by atoms with Crippen LogP contribution in [0.2, 0.25) is 0 Å². The molecule has 0 bridgehead atoms. The third kappa shape index (κ3) is 5.04. The Balaban J connectivity index is 1.44. The summed E-state index contributed by atoms with van der Waals surface area (Å²) < 4.78 is 0. The van der Waals surface area contributed by atoms with Crippen LogP contribution < -0.4 is 0 Å². The molecule has 0 radical (unpaired) electrons. The monoisotopic (exact) mass is 334 g/mol. The van der Waals surface area contributed by atoms with Crippen LogP contribution in [-0.2, 0) is 11.2 Å². The standard InChI is InChI=1S/C22H26N2O/c1-19-7-5-6-10-21(19)13-14-23-15-17-24(18-16-23)22(25)12-11-20-8-3-2-4-9-20/h2-12H,13-18H2,1H3/b12-11+. The number of amides is 1. The molecule has 2 aromatic carbocycles. The van der Waals surface area contributed by atoms with Crippen LogP contribution in [-0.4, -0.2) is 48.4 Å². The minimum Gasteiger partial charge on any atom is -0.337 e. The van der Waals surface area contributed by atoms with E-state index in [2.05, 4.69) is 36.1 Å². The van der Waals surface area contributed by atoms with E-state index in [1.54, 1.807) is 6.08 Å². The maximum absolute atomic E-state index is 12.3. The highest BCUT2D eigenvalue weighted by Crippen LogP contribution is 2.10. The minimum atomic E-state index is 0.113. The number of carbonyl (C=O) groups excluding carboxylic acids is 1. The van der Waals surface area contributed by atoms with E-state index in [0.717, 1.165) is 44.7 Å². The number of piperazine rings is 1. The lowest BCUT2D eigenvalue weighted by atomic mass is 10.1. The molecule has 25 heavy (non-hydrogen) atoms. The van der Waals surface area contributed by atoms with Gasteiger partial charge < -0.3 is 4.90 Å². The van der Waals surface area contributed by atoms with Gasteiger partial charge in [0.1, 0.15) is 0 Å². The van der Waals surface area contributed by atoms with E-state index in [4.69, 9.17) is 0 Å². The fraction of sp³-hybridized carbons (Fsp3) is 0.318. The summed E-state index contributed by atoms with van der Waals surface area (Å²) in [5.74, 6) is 0.113. The second-order valence-corrected chi connectivity index (χ2v) is 6.59. The van der Waals surface area contributed by atoms with Crippen LogP contribution in [0.5, 0.6) is 0 Å². The largest absolute Gasteiger partial charge is 0.337 e. The lowest BCUT2D eigenvalue weighted by Crippen LogP contribution is -2.48. The highest BCUT2D eigenvalue weighted by atomic mass is 16.2. The fourth-order valence-corrected chi connectivity index (χ4v) is 3.20. The van der Waals surface area contributed by atoms with E-state index < -0.39 is 0 Å². The van der Waals surface area contributed by atoms with Gasteiger partial charge in [-0.1, -0.05) is 54.6 Å². The summed E-state index contributed by atoms with van der Waals surface area (Å²) in [7, 11) is 0. The molecule has 0 atom stereocenters. The molecule has 2 aromatic rings. The number of aryl methyl sites for hydroxylation is 1. The molecule has 0 aliphatic carbocycles. The summed E-state index contributed by atoms with van der Waals surface area (Å²) in [5.41, 5.74) is 3.85. The average Bonchev–Trinajstić information content (AvgIpc) is 2.67. The van der Waals surface area contributed by atoms with E-state index in [9.17, 15) is 4.79 Å². The van der Waals surface area contributed by atoms with Gasteiger partial charge in [-0.2, -0.15) is 0 Å². The smallest absolute Gasteiger partial charge is 0.246 e. The van der Waals surface area contributed by atoms with E-state index in [1.807, 2.05) is 41.3 Å². The van der Waals surface area contributed by atoms with Gasteiger partial charge in [-0.25, -0.2) is 0 Å². The Labute approximate surface area is 150 Å². The maximum Gasteiger partial charge on any atom is 0.246 e. The highest BCUT2D eigenvalue weighted by molar-refractivity contribution is 5.91. The Morgan fingerprint density at radius 2 is 1.64 bits per heavy atom. The van der Waals surface area contributed by atoms with Crippen LogP contribution >= 0.6 is 0 Å². The van der Waals surface area contributed by atoms with Crippen molar-refractivity contribution in [3.63, 3.8) is 0 Å². The van der Waals surface area contributed by atoms with Gasteiger partial charge in [-0.05, 0) is 36.1 Å². The number of carbonyl (C=O) groups is 1. The van der Waals surface area contributed by atoms with Crippen LogP contribution in [0.25, 0.3) is 6.08 Å². The van der Waals surface area contributed by atoms with E-state index in [0.29, 0.717) is 0 Å². The maximum atomic E-state index is 12.3. The first kappa shape index (κ1) is 17.4. The topological polar surface area (TPSA) is 23.6 Å². The Morgan fingerprint density at radius 3 is 2.36 bits per heavy atom. The molecule has 1 aliphatic rings. The first-order chi connectivity index (χ1) is 12.2. The number of nitrogens with zero attached hydrogens (tertiary/aromatic N) is 2. The second-order valence-electron chi connectivity index (χ2n) is 6.59. The number of rotatable bonds is 5. The van der Waals surface area contributed by atoms with E-state index in [1.165, 1.54) is 11.1 Å². The number of hydrogen-bond acceptors (Lipinski definition) is 2. The second kappa shape index (κ2) is 8.63. The molecule has 0 N–H and O–H groups in total. The van der Waals surface area contributed by atoms with Gasteiger partial charge in [0, 0.05) is 38.8 Å². The van der Waals surface area contributed by atoms with Gasteiger partial charge in [0.2, 0.25) is 5.91 Å². The third-order valence-corrected chi connectivity index (χ3v) is 4.86. The zero-order chi connectivity index (χ0) is 17.5. The van der Waals surface area contributed by atoms with Gasteiger partial charge in [-0.15, -0.1) is 0 Å². The lowest BCUT2D eigenvalue weighted by Gasteiger charge is -2.34. The molecular formula is C22H26N2O.